The maximum atomic E-state index is 12.8. The van der Waals surface area contributed by atoms with Crippen LogP contribution in [0, 0.1) is 0 Å². The van der Waals surface area contributed by atoms with Gasteiger partial charge in [0.05, 0.1) is 6.61 Å². The van der Waals surface area contributed by atoms with Gasteiger partial charge in [0.25, 0.3) is 10.0 Å². The van der Waals surface area contributed by atoms with Crippen LogP contribution in [0.3, 0.4) is 0 Å². The molecule has 7 nitrogen and oxygen atoms in total. The number of fused-ring (bicyclic) bond motifs is 1. The minimum Gasteiger partial charge on any atom is -0.395 e. The summed E-state index contributed by atoms with van der Waals surface area (Å²) in [5.74, 6) is 0.320. The molecule has 8 heteroatoms. The van der Waals surface area contributed by atoms with Gasteiger partial charge in [0, 0.05) is 25.8 Å². The van der Waals surface area contributed by atoms with E-state index in [1.54, 1.807) is 31.3 Å². The summed E-state index contributed by atoms with van der Waals surface area (Å²) in [4.78, 5) is 4.32. The molecule has 0 saturated heterocycles. The second kappa shape index (κ2) is 6.00. The summed E-state index contributed by atoms with van der Waals surface area (Å²) in [5, 5.41) is 12.3. The molecular formula is C13H20N4O3S. The highest BCUT2D eigenvalue weighted by atomic mass is 32.2. The predicted octanol–water partition coefficient (Wildman–Crippen LogP) is 0.767. The standard InChI is InChI=1S/C13H20N4O3S/c1-4-14-12-13(17-8-6-5-7-11(17)15-12)21(19,20)16(3)10(2)9-18/h5-8,10,14,18H,4,9H2,1-3H3. The highest BCUT2D eigenvalue weighted by Gasteiger charge is 2.31. The number of hydrogen-bond donors (Lipinski definition) is 2. The number of aliphatic hydroxyl groups excluding tert-OH is 1. The van der Waals surface area contributed by atoms with Crippen LogP contribution in [-0.2, 0) is 10.0 Å². The average Bonchev–Trinajstić information content (AvgIpc) is 2.84. The van der Waals surface area contributed by atoms with Crippen LogP contribution in [0.5, 0.6) is 0 Å². The zero-order valence-electron chi connectivity index (χ0n) is 12.3. The molecule has 0 saturated carbocycles. The first-order valence-corrected chi connectivity index (χ1v) is 8.17. The van der Waals surface area contributed by atoms with Crippen LogP contribution in [0.25, 0.3) is 5.65 Å². The quantitative estimate of drug-likeness (QED) is 0.822. The van der Waals surface area contributed by atoms with Crippen molar-refractivity contribution in [3.8, 4) is 0 Å². The van der Waals surface area contributed by atoms with Crippen molar-refractivity contribution in [2.24, 2.45) is 0 Å². The van der Waals surface area contributed by atoms with Crippen LogP contribution in [0.4, 0.5) is 5.82 Å². The Morgan fingerprint density at radius 1 is 1.48 bits per heavy atom. The molecule has 0 fully saturated rings. The predicted molar refractivity (Wildman–Crippen MR) is 80.9 cm³/mol. The third-order valence-corrected chi connectivity index (χ3v) is 5.34. The Bertz CT molecular complexity index is 726. The van der Waals surface area contributed by atoms with Crippen LogP contribution < -0.4 is 5.32 Å². The Morgan fingerprint density at radius 2 is 2.19 bits per heavy atom. The summed E-state index contributed by atoms with van der Waals surface area (Å²) >= 11 is 0. The van der Waals surface area contributed by atoms with Crippen molar-refractivity contribution in [2.45, 2.75) is 24.9 Å². The summed E-state index contributed by atoms with van der Waals surface area (Å²) in [6, 6.07) is 4.78. The minimum atomic E-state index is -3.78. The molecule has 0 aliphatic rings. The number of nitrogens with one attached hydrogen (secondary N) is 1. The highest BCUT2D eigenvalue weighted by Crippen LogP contribution is 2.26. The molecule has 1 atom stereocenters. The van der Waals surface area contributed by atoms with Crippen molar-refractivity contribution in [1.82, 2.24) is 13.7 Å². The number of sulfonamides is 1. The molecule has 2 N–H and O–H groups in total. The third kappa shape index (κ3) is 2.74. The van der Waals surface area contributed by atoms with Gasteiger partial charge < -0.3 is 10.4 Å². The smallest absolute Gasteiger partial charge is 0.262 e. The number of pyridine rings is 1. The summed E-state index contributed by atoms with van der Waals surface area (Å²) in [7, 11) is -2.32. The second-order valence-corrected chi connectivity index (χ2v) is 6.69. The van der Waals surface area contributed by atoms with Crippen LogP contribution in [0.15, 0.2) is 29.4 Å². The lowest BCUT2D eigenvalue weighted by Crippen LogP contribution is -2.38. The van der Waals surface area contributed by atoms with E-state index in [1.165, 1.54) is 11.4 Å². The number of rotatable bonds is 6. The zero-order chi connectivity index (χ0) is 15.6. The lowest BCUT2D eigenvalue weighted by molar-refractivity contribution is 0.213. The molecule has 116 valence electrons. The Morgan fingerprint density at radius 3 is 2.81 bits per heavy atom. The first kappa shape index (κ1) is 15.7. The maximum absolute atomic E-state index is 12.8. The van der Waals surface area contributed by atoms with Crippen molar-refractivity contribution in [3.63, 3.8) is 0 Å². The van der Waals surface area contributed by atoms with Crippen LogP contribution in [0.1, 0.15) is 13.8 Å². The zero-order valence-corrected chi connectivity index (χ0v) is 13.1. The Balaban J connectivity index is 2.66. The topological polar surface area (TPSA) is 86.9 Å². The second-order valence-electron chi connectivity index (χ2n) is 4.78. The van der Waals surface area contributed by atoms with Crippen molar-refractivity contribution < 1.29 is 13.5 Å². The van der Waals surface area contributed by atoms with Gasteiger partial charge in [-0.05, 0) is 26.0 Å². The summed E-state index contributed by atoms with van der Waals surface area (Å²) < 4.78 is 28.3. The molecule has 2 aromatic rings. The summed E-state index contributed by atoms with van der Waals surface area (Å²) in [6.07, 6.45) is 1.66. The molecule has 0 aromatic carbocycles. The number of nitrogens with zero attached hydrogens (tertiary/aromatic N) is 3. The number of hydrogen-bond acceptors (Lipinski definition) is 5. The Labute approximate surface area is 124 Å². The summed E-state index contributed by atoms with van der Waals surface area (Å²) in [6.45, 7) is 3.84. The molecule has 0 aliphatic carbocycles. The molecule has 0 aliphatic heterocycles. The molecule has 0 amide bonds. The SMILES string of the molecule is CCNc1nc2ccccn2c1S(=O)(=O)N(C)C(C)CO. The van der Waals surface area contributed by atoms with E-state index in [9.17, 15) is 13.5 Å². The fourth-order valence-corrected chi connectivity index (χ4v) is 3.57. The number of aromatic nitrogens is 2. The normalized spacial score (nSPS) is 13.8. The van der Waals surface area contributed by atoms with Crippen LogP contribution in [-0.4, -0.2) is 53.5 Å². The Kier molecular flexibility index (Phi) is 4.50. The monoisotopic (exact) mass is 312 g/mol. The van der Waals surface area contributed by atoms with Crippen LogP contribution >= 0.6 is 0 Å². The van der Waals surface area contributed by atoms with E-state index in [2.05, 4.69) is 10.3 Å². The van der Waals surface area contributed by atoms with Crippen molar-refractivity contribution in [3.05, 3.63) is 24.4 Å². The lowest BCUT2D eigenvalue weighted by Gasteiger charge is -2.22. The number of likely N-dealkylation sites (N-methyl/N-ethyl adjacent to an activating group) is 1. The van der Waals surface area contributed by atoms with E-state index in [0.717, 1.165) is 4.31 Å². The molecule has 0 radical (unpaired) electrons. The maximum Gasteiger partial charge on any atom is 0.262 e. The van der Waals surface area contributed by atoms with Crippen LogP contribution in [0.2, 0.25) is 0 Å². The highest BCUT2D eigenvalue weighted by molar-refractivity contribution is 7.89. The van der Waals surface area contributed by atoms with Gasteiger partial charge in [0.15, 0.2) is 10.8 Å². The van der Waals surface area contributed by atoms with Gasteiger partial charge in [-0.25, -0.2) is 13.4 Å². The first-order valence-electron chi connectivity index (χ1n) is 6.73. The summed E-state index contributed by atoms with van der Waals surface area (Å²) in [5.41, 5.74) is 0.553. The molecular weight excluding hydrogens is 292 g/mol. The van der Waals surface area contributed by atoms with E-state index in [1.807, 2.05) is 6.92 Å². The van der Waals surface area contributed by atoms with E-state index in [0.29, 0.717) is 18.0 Å². The van der Waals surface area contributed by atoms with Crippen molar-refractivity contribution >= 4 is 21.5 Å². The third-order valence-electron chi connectivity index (χ3n) is 3.34. The van der Waals surface area contributed by atoms with Gasteiger partial charge >= 0.3 is 0 Å². The number of anilines is 1. The first-order chi connectivity index (χ1) is 9.93. The molecule has 1 unspecified atom stereocenters. The fourth-order valence-electron chi connectivity index (χ4n) is 1.99. The number of aliphatic hydroxyl groups is 1. The van der Waals surface area contributed by atoms with Gasteiger partial charge in [-0.2, -0.15) is 4.31 Å². The van der Waals surface area contributed by atoms with Gasteiger partial charge in [-0.3, -0.25) is 4.40 Å². The van der Waals surface area contributed by atoms with E-state index in [4.69, 9.17) is 0 Å². The van der Waals surface area contributed by atoms with E-state index in [-0.39, 0.29) is 11.6 Å². The largest absolute Gasteiger partial charge is 0.395 e. The lowest BCUT2D eigenvalue weighted by atomic mass is 10.4. The van der Waals surface area contributed by atoms with E-state index >= 15 is 0 Å². The van der Waals surface area contributed by atoms with Crippen molar-refractivity contribution in [1.29, 1.82) is 0 Å². The average molecular weight is 312 g/mol. The van der Waals surface area contributed by atoms with Crippen molar-refractivity contribution in [2.75, 3.05) is 25.5 Å². The molecule has 2 heterocycles. The molecule has 21 heavy (non-hydrogen) atoms. The van der Waals surface area contributed by atoms with Gasteiger partial charge in [0.2, 0.25) is 0 Å². The molecule has 0 bridgehead atoms. The van der Waals surface area contributed by atoms with Gasteiger partial charge in [0.1, 0.15) is 5.65 Å². The Hall–Kier alpha value is -1.64. The molecule has 2 aromatic heterocycles. The molecule has 0 spiro atoms. The molecule has 2 rings (SSSR count). The van der Waals surface area contributed by atoms with Gasteiger partial charge in [-0.15, -0.1) is 0 Å². The van der Waals surface area contributed by atoms with E-state index < -0.39 is 16.1 Å². The number of imidazole rings is 1. The fraction of sp³-hybridized carbons (Fsp3) is 0.462. The van der Waals surface area contributed by atoms with Gasteiger partial charge in [-0.1, -0.05) is 6.07 Å². The minimum absolute atomic E-state index is 0.0859.